The van der Waals surface area contributed by atoms with Crippen molar-refractivity contribution in [2.45, 2.75) is 12.6 Å². The molecule has 2 amide bonds. The summed E-state index contributed by atoms with van der Waals surface area (Å²) in [4.78, 5) is 26.7. The Morgan fingerprint density at radius 1 is 1.21 bits per heavy atom. The van der Waals surface area contributed by atoms with Crippen LogP contribution in [0.3, 0.4) is 0 Å². The molecule has 0 bridgehead atoms. The summed E-state index contributed by atoms with van der Waals surface area (Å²) in [6, 6.07) is 11.5. The second-order valence-electron chi connectivity index (χ2n) is 6.24. The first kappa shape index (κ1) is 20.0. The van der Waals surface area contributed by atoms with Crippen molar-refractivity contribution < 1.29 is 23.8 Å². The maximum atomic E-state index is 12.8. The van der Waals surface area contributed by atoms with Crippen LogP contribution in [-0.4, -0.2) is 50.2 Å². The molecule has 1 atom stereocenters. The summed E-state index contributed by atoms with van der Waals surface area (Å²) < 4.78 is 15.6. The normalized spacial score (nSPS) is 16.6. The van der Waals surface area contributed by atoms with Gasteiger partial charge in [0.05, 0.1) is 25.8 Å². The summed E-state index contributed by atoms with van der Waals surface area (Å²) >= 11 is 6.11. The highest BCUT2D eigenvalue weighted by Gasteiger charge is 2.34. The van der Waals surface area contributed by atoms with Gasteiger partial charge in [-0.15, -0.1) is 0 Å². The minimum atomic E-state index is -0.746. The Bertz CT molecular complexity index is 856. The third-order valence-electron chi connectivity index (χ3n) is 4.43. The largest absolute Gasteiger partial charge is 0.497 e. The van der Waals surface area contributed by atoms with Crippen LogP contribution in [0.1, 0.15) is 5.56 Å². The molecule has 1 N–H and O–H groups in total. The monoisotopic (exact) mass is 404 g/mol. The molecule has 0 unspecified atom stereocenters. The topological polar surface area (TPSA) is 77.1 Å². The minimum absolute atomic E-state index is 0.0473. The van der Waals surface area contributed by atoms with Gasteiger partial charge in [-0.3, -0.25) is 9.59 Å². The van der Waals surface area contributed by atoms with Crippen molar-refractivity contribution in [1.29, 1.82) is 0 Å². The third-order valence-corrected chi connectivity index (χ3v) is 4.73. The molecule has 0 spiro atoms. The quantitative estimate of drug-likeness (QED) is 0.801. The molecule has 2 aromatic rings. The molecular formula is C20H21ClN2O5. The van der Waals surface area contributed by atoms with E-state index in [-0.39, 0.29) is 25.0 Å². The van der Waals surface area contributed by atoms with Crippen LogP contribution in [0.25, 0.3) is 0 Å². The van der Waals surface area contributed by atoms with E-state index in [0.717, 1.165) is 11.3 Å². The van der Waals surface area contributed by atoms with Gasteiger partial charge in [0, 0.05) is 12.2 Å². The fourth-order valence-corrected chi connectivity index (χ4v) is 3.18. The Morgan fingerprint density at radius 2 is 1.96 bits per heavy atom. The van der Waals surface area contributed by atoms with Gasteiger partial charge in [-0.2, -0.15) is 0 Å². The van der Waals surface area contributed by atoms with E-state index in [2.05, 4.69) is 5.32 Å². The minimum Gasteiger partial charge on any atom is -0.497 e. The molecule has 0 aliphatic carbocycles. The molecule has 1 fully saturated rings. The lowest BCUT2D eigenvalue weighted by molar-refractivity contribution is -0.154. The highest BCUT2D eigenvalue weighted by molar-refractivity contribution is 6.32. The molecule has 8 heteroatoms. The third kappa shape index (κ3) is 4.55. The van der Waals surface area contributed by atoms with Crippen LogP contribution in [0, 0.1) is 0 Å². The summed E-state index contributed by atoms with van der Waals surface area (Å²) in [5.74, 6) is 0.650. The molecule has 1 aliphatic rings. The predicted molar refractivity (Wildman–Crippen MR) is 105 cm³/mol. The number of methoxy groups -OCH3 is 2. The smallest absolute Gasteiger partial charge is 0.249 e. The van der Waals surface area contributed by atoms with Gasteiger partial charge >= 0.3 is 0 Å². The Balaban J connectivity index is 1.74. The molecule has 1 aliphatic heterocycles. The number of rotatable bonds is 6. The van der Waals surface area contributed by atoms with Gasteiger partial charge in [0.25, 0.3) is 0 Å². The predicted octanol–water partition coefficient (Wildman–Crippen LogP) is 2.72. The maximum absolute atomic E-state index is 12.8. The number of carbonyl (C=O) groups excluding carboxylic acids is 2. The first-order valence-corrected chi connectivity index (χ1v) is 9.04. The molecule has 148 valence electrons. The summed E-state index contributed by atoms with van der Waals surface area (Å²) in [6.45, 7) is 0.375. The number of anilines is 1. The summed E-state index contributed by atoms with van der Waals surface area (Å²) in [6.07, 6.45) is 0. The first-order valence-electron chi connectivity index (χ1n) is 8.66. The van der Waals surface area contributed by atoms with E-state index in [9.17, 15) is 9.59 Å². The van der Waals surface area contributed by atoms with Crippen molar-refractivity contribution in [2.75, 3.05) is 32.8 Å². The maximum Gasteiger partial charge on any atom is 0.249 e. The van der Waals surface area contributed by atoms with Crippen molar-refractivity contribution in [3.8, 4) is 11.5 Å². The van der Waals surface area contributed by atoms with Crippen molar-refractivity contribution in [3.05, 3.63) is 53.1 Å². The zero-order chi connectivity index (χ0) is 20.1. The molecule has 0 aromatic heterocycles. The molecule has 0 saturated carbocycles. The molecule has 1 saturated heterocycles. The Kier molecular flexibility index (Phi) is 6.38. The number of carbonyl (C=O) groups is 2. The van der Waals surface area contributed by atoms with Gasteiger partial charge in [-0.1, -0.05) is 23.7 Å². The van der Waals surface area contributed by atoms with Crippen molar-refractivity contribution in [2.24, 2.45) is 0 Å². The van der Waals surface area contributed by atoms with Gasteiger partial charge in [0.1, 0.15) is 24.1 Å². The lowest BCUT2D eigenvalue weighted by Crippen LogP contribution is -2.54. The number of hydrogen-bond acceptors (Lipinski definition) is 5. The zero-order valence-corrected chi connectivity index (χ0v) is 16.4. The summed E-state index contributed by atoms with van der Waals surface area (Å²) in [7, 11) is 3.10. The van der Waals surface area contributed by atoms with Crippen molar-refractivity contribution >= 4 is 29.1 Å². The van der Waals surface area contributed by atoms with E-state index in [1.165, 1.54) is 12.0 Å². The molecule has 3 rings (SSSR count). The lowest BCUT2D eigenvalue weighted by Gasteiger charge is -2.34. The number of ether oxygens (including phenoxy) is 3. The van der Waals surface area contributed by atoms with Crippen molar-refractivity contribution in [3.63, 3.8) is 0 Å². The second kappa shape index (κ2) is 8.95. The van der Waals surface area contributed by atoms with Gasteiger partial charge in [0.2, 0.25) is 11.8 Å². The summed E-state index contributed by atoms with van der Waals surface area (Å²) in [5.41, 5.74) is 1.40. The lowest BCUT2D eigenvalue weighted by atomic mass is 10.1. The summed E-state index contributed by atoms with van der Waals surface area (Å²) in [5, 5.41) is 3.17. The van der Waals surface area contributed by atoms with E-state index < -0.39 is 6.04 Å². The molecule has 1 heterocycles. The number of nitrogens with one attached hydrogen (secondary N) is 1. The van der Waals surface area contributed by atoms with Gasteiger partial charge < -0.3 is 24.4 Å². The number of morpholine rings is 1. The number of amides is 2. The van der Waals surface area contributed by atoms with E-state index in [4.69, 9.17) is 25.8 Å². The second-order valence-corrected chi connectivity index (χ2v) is 6.65. The van der Waals surface area contributed by atoms with E-state index in [1.54, 1.807) is 25.3 Å². The SMILES string of the molecule is COc1ccc(CN2C(=O)COC[C@H]2C(=O)Nc2ccc(OC)c(Cl)c2)cc1. The zero-order valence-electron chi connectivity index (χ0n) is 15.6. The first-order chi connectivity index (χ1) is 13.5. The van der Waals surface area contributed by atoms with E-state index in [0.29, 0.717) is 23.0 Å². The van der Waals surface area contributed by atoms with Crippen LogP contribution < -0.4 is 14.8 Å². The Hall–Kier alpha value is -2.77. The fraction of sp³-hybridized carbons (Fsp3) is 0.300. The molecule has 7 nitrogen and oxygen atoms in total. The molecule has 0 radical (unpaired) electrons. The molecule has 2 aromatic carbocycles. The number of hydrogen-bond donors (Lipinski definition) is 1. The fourth-order valence-electron chi connectivity index (χ4n) is 2.92. The van der Waals surface area contributed by atoms with Crippen LogP contribution in [0.2, 0.25) is 5.02 Å². The van der Waals surface area contributed by atoms with Crippen LogP contribution in [-0.2, 0) is 20.9 Å². The van der Waals surface area contributed by atoms with Crippen LogP contribution >= 0.6 is 11.6 Å². The van der Waals surface area contributed by atoms with Crippen LogP contribution in [0.5, 0.6) is 11.5 Å². The van der Waals surface area contributed by atoms with E-state index in [1.807, 2.05) is 24.3 Å². The standard InChI is InChI=1S/C20H21ClN2O5/c1-26-15-6-3-13(4-7-15)10-23-17(11-28-12-19(23)24)20(25)22-14-5-8-18(27-2)16(21)9-14/h3-9,17H,10-12H2,1-2H3,(H,22,25)/t17-/m0/s1. The van der Waals surface area contributed by atoms with Gasteiger partial charge in [0.15, 0.2) is 0 Å². The molecular weight excluding hydrogens is 384 g/mol. The Labute approximate surface area is 168 Å². The van der Waals surface area contributed by atoms with Gasteiger partial charge in [-0.05, 0) is 35.9 Å². The molecule has 28 heavy (non-hydrogen) atoms. The average molecular weight is 405 g/mol. The highest BCUT2D eigenvalue weighted by atomic mass is 35.5. The average Bonchev–Trinajstić information content (AvgIpc) is 2.70. The van der Waals surface area contributed by atoms with Crippen molar-refractivity contribution in [1.82, 2.24) is 4.90 Å². The number of halogens is 1. The number of benzene rings is 2. The number of nitrogens with zero attached hydrogens (tertiary/aromatic N) is 1. The van der Waals surface area contributed by atoms with Gasteiger partial charge in [-0.25, -0.2) is 0 Å². The van der Waals surface area contributed by atoms with Crippen LogP contribution in [0.15, 0.2) is 42.5 Å². The highest BCUT2D eigenvalue weighted by Crippen LogP contribution is 2.27. The van der Waals surface area contributed by atoms with Crippen LogP contribution in [0.4, 0.5) is 5.69 Å². The van der Waals surface area contributed by atoms with E-state index >= 15 is 0 Å². The Morgan fingerprint density at radius 3 is 2.61 bits per heavy atom.